The lowest BCUT2D eigenvalue weighted by atomic mass is 9.99. The van der Waals surface area contributed by atoms with E-state index in [1.165, 1.54) is 0 Å². The van der Waals surface area contributed by atoms with Gasteiger partial charge in [0, 0.05) is 16.1 Å². The number of aryl methyl sites for hydroxylation is 1. The first kappa shape index (κ1) is 21.1. The fourth-order valence-electron chi connectivity index (χ4n) is 3.60. The molecule has 4 rings (SSSR count). The summed E-state index contributed by atoms with van der Waals surface area (Å²) in [6, 6.07) is 20.7. The van der Waals surface area contributed by atoms with Crippen LogP contribution in [0.4, 0.5) is 0 Å². The lowest BCUT2D eigenvalue weighted by molar-refractivity contribution is -0.596. The van der Waals surface area contributed by atoms with Gasteiger partial charge in [-0.1, -0.05) is 71.2 Å². The number of nitrogens with zero attached hydrogens (tertiary/aromatic N) is 1. The van der Waals surface area contributed by atoms with Crippen LogP contribution in [0, 0.1) is 6.92 Å². The minimum atomic E-state index is -0.794. The molecule has 0 unspecified atom stereocenters. The van der Waals surface area contributed by atoms with Crippen LogP contribution in [0.1, 0.15) is 33.1 Å². The third-order valence-corrected chi connectivity index (χ3v) is 5.65. The Morgan fingerprint density at radius 2 is 1.81 bits per heavy atom. The number of nitrogens with one attached hydrogen (secondary N) is 2. The summed E-state index contributed by atoms with van der Waals surface area (Å²) in [6.45, 7) is 1.92. The van der Waals surface area contributed by atoms with Gasteiger partial charge in [-0.3, -0.25) is 9.59 Å². The first-order chi connectivity index (χ1) is 14.9. The maximum Gasteiger partial charge on any atom is 0.304 e. The molecule has 0 radical (unpaired) electrons. The highest BCUT2D eigenvalue weighted by molar-refractivity contribution is 6.36. The SMILES string of the molecule is Cc1cccc(C(=O)N[C@H]2C(=O)N/[N+](=C\c3ccc(Cl)cc3Cl)[C@H]2c2ccccc2)c1. The van der Waals surface area contributed by atoms with Crippen LogP contribution < -0.4 is 10.7 Å². The van der Waals surface area contributed by atoms with Crippen LogP contribution >= 0.6 is 23.2 Å². The predicted molar refractivity (Wildman–Crippen MR) is 122 cm³/mol. The first-order valence-corrected chi connectivity index (χ1v) is 10.5. The van der Waals surface area contributed by atoms with Crippen molar-refractivity contribution >= 4 is 41.2 Å². The molecule has 1 aliphatic heterocycles. The second-order valence-corrected chi connectivity index (χ2v) is 8.20. The van der Waals surface area contributed by atoms with Gasteiger partial charge >= 0.3 is 5.91 Å². The molecular formula is C24H20Cl2N3O2+. The minimum Gasteiger partial charge on any atom is -0.334 e. The van der Waals surface area contributed by atoms with Gasteiger partial charge in [-0.05, 0) is 37.3 Å². The van der Waals surface area contributed by atoms with Crippen molar-refractivity contribution in [1.29, 1.82) is 0 Å². The molecule has 3 aromatic carbocycles. The van der Waals surface area contributed by atoms with Gasteiger partial charge < -0.3 is 5.32 Å². The van der Waals surface area contributed by atoms with E-state index in [4.69, 9.17) is 23.2 Å². The van der Waals surface area contributed by atoms with Crippen LogP contribution in [-0.4, -0.2) is 28.8 Å². The average molecular weight is 453 g/mol. The second-order valence-electron chi connectivity index (χ2n) is 7.35. The van der Waals surface area contributed by atoms with Crippen molar-refractivity contribution in [3.8, 4) is 0 Å². The summed E-state index contributed by atoms with van der Waals surface area (Å²) in [5, 5.41) is 3.88. The van der Waals surface area contributed by atoms with Crippen molar-refractivity contribution in [2.45, 2.75) is 19.0 Å². The Bertz CT molecular complexity index is 1180. The van der Waals surface area contributed by atoms with E-state index in [1.807, 2.05) is 49.4 Å². The molecule has 0 saturated carbocycles. The van der Waals surface area contributed by atoms with E-state index in [0.717, 1.165) is 11.1 Å². The summed E-state index contributed by atoms with van der Waals surface area (Å²) in [5.41, 5.74) is 5.88. The molecule has 0 aliphatic carbocycles. The van der Waals surface area contributed by atoms with Crippen molar-refractivity contribution in [3.05, 3.63) is 105 Å². The first-order valence-electron chi connectivity index (χ1n) is 9.73. The molecule has 1 aliphatic rings. The second kappa shape index (κ2) is 8.92. The molecule has 2 N–H and O–H groups in total. The molecule has 3 aromatic rings. The monoisotopic (exact) mass is 452 g/mol. The molecule has 1 heterocycles. The molecule has 0 bridgehead atoms. The summed E-state index contributed by atoms with van der Waals surface area (Å²) in [5.74, 6) is -0.618. The zero-order valence-electron chi connectivity index (χ0n) is 16.7. The molecule has 2 atom stereocenters. The largest absolute Gasteiger partial charge is 0.334 e. The highest BCUT2D eigenvalue weighted by Gasteiger charge is 2.47. The van der Waals surface area contributed by atoms with E-state index in [-0.39, 0.29) is 11.8 Å². The molecular weight excluding hydrogens is 433 g/mol. The summed E-state index contributed by atoms with van der Waals surface area (Å²) in [4.78, 5) is 25.8. The number of amides is 2. The lowest BCUT2D eigenvalue weighted by Crippen LogP contribution is -2.42. The van der Waals surface area contributed by atoms with Crippen molar-refractivity contribution in [2.75, 3.05) is 0 Å². The quantitative estimate of drug-likeness (QED) is 0.579. The van der Waals surface area contributed by atoms with Crippen LogP contribution in [0.2, 0.25) is 10.0 Å². The van der Waals surface area contributed by atoms with E-state index in [0.29, 0.717) is 21.2 Å². The number of hydrazone groups is 1. The highest BCUT2D eigenvalue weighted by Crippen LogP contribution is 2.26. The third-order valence-electron chi connectivity index (χ3n) is 5.09. The van der Waals surface area contributed by atoms with Gasteiger partial charge in [0.05, 0.1) is 10.6 Å². The summed E-state index contributed by atoms with van der Waals surface area (Å²) < 4.78 is 1.67. The standard InChI is InChI=1S/C24H19Cl2N3O2/c1-15-6-5-9-17(12-15)23(30)27-21-22(16-7-3-2-4-8-16)29(28-24(21)31)14-18-10-11-19(25)13-20(18)26/h2-14,21-22H,1H3,(H-,27,28,30,31)/p+1/b29-14-/t21-,22+/m1/s1. The topological polar surface area (TPSA) is 61.2 Å². The summed E-state index contributed by atoms with van der Waals surface area (Å²) >= 11 is 12.3. The fourth-order valence-corrected chi connectivity index (χ4v) is 4.05. The van der Waals surface area contributed by atoms with E-state index >= 15 is 0 Å². The molecule has 0 aromatic heterocycles. The Morgan fingerprint density at radius 1 is 1.03 bits per heavy atom. The number of rotatable bonds is 4. The zero-order chi connectivity index (χ0) is 22.0. The third kappa shape index (κ3) is 4.63. The Hall–Kier alpha value is -3.15. The van der Waals surface area contributed by atoms with Crippen LogP contribution in [0.3, 0.4) is 0 Å². The molecule has 31 heavy (non-hydrogen) atoms. The van der Waals surface area contributed by atoms with Crippen molar-refractivity contribution in [3.63, 3.8) is 0 Å². The number of hydrogen-bond donors (Lipinski definition) is 2. The number of hydrazine groups is 1. The Kier molecular flexibility index (Phi) is 6.07. The van der Waals surface area contributed by atoms with E-state index in [1.54, 1.807) is 41.2 Å². The summed E-state index contributed by atoms with van der Waals surface area (Å²) in [7, 11) is 0. The van der Waals surface area contributed by atoms with Crippen LogP contribution in [-0.2, 0) is 4.79 Å². The molecule has 2 amide bonds. The molecule has 1 fully saturated rings. The molecule has 0 spiro atoms. The zero-order valence-corrected chi connectivity index (χ0v) is 18.2. The van der Waals surface area contributed by atoms with Gasteiger partial charge in [-0.2, -0.15) is 0 Å². The van der Waals surface area contributed by atoms with Gasteiger partial charge in [0.25, 0.3) is 5.91 Å². The van der Waals surface area contributed by atoms with Gasteiger partial charge in [0.15, 0.2) is 6.04 Å². The Balaban J connectivity index is 1.71. The molecule has 7 heteroatoms. The Labute approximate surface area is 190 Å². The number of hydrogen-bond acceptors (Lipinski definition) is 2. The van der Waals surface area contributed by atoms with Crippen LogP contribution in [0.25, 0.3) is 0 Å². The normalized spacial score (nSPS) is 19.3. The lowest BCUT2D eigenvalue weighted by Gasteiger charge is -2.15. The number of carbonyl (C=O) groups excluding carboxylic acids is 2. The molecule has 5 nitrogen and oxygen atoms in total. The highest BCUT2D eigenvalue weighted by atomic mass is 35.5. The average Bonchev–Trinajstić information content (AvgIpc) is 3.05. The van der Waals surface area contributed by atoms with Crippen LogP contribution in [0.5, 0.6) is 0 Å². The van der Waals surface area contributed by atoms with Gasteiger partial charge in [0.2, 0.25) is 12.3 Å². The Morgan fingerprint density at radius 3 is 2.52 bits per heavy atom. The van der Waals surface area contributed by atoms with Crippen LogP contribution in [0.15, 0.2) is 72.8 Å². The van der Waals surface area contributed by atoms with Gasteiger partial charge in [-0.25, -0.2) is 0 Å². The van der Waals surface area contributed by atoms with Crippen molar-refractivity contribution < 1.29 is 14.3 Å². The summed E-state index contributed by atoms with van der Waals surface area (Å²) in [6.07, 6.45) is 1.74. The smallest absolute Gasteiger partial charge is 0.304 e. The minimum absolute atomic E-state index is 0.309. The fraction of sp³-hybridized carbons (Fsp3) is 0.125. The van der Waals surface area contributed by atoms with E-state index in [2.05, 4.69) is 10.7 Å². The van der Waals surface area contributed by atoms with Gasteiger partial charge in [0.1, 0.15) is 0 Å². The number of halogens is 2. The van der Waals surface area contributed by atoms with Gasteiger partial charge in [-0.15, -0.1) is 10.1 Å². The maximum atomic E-state index is 12.9. The molecule has 1 saturated heterocycles. The predicted octanol–water partition coefficient (Wildman–Crippen LogP) is 4.32. The maximum absolute atomic E-state index is 12.9. The molecule has 156 valence electrons. The number of carbonyl (C=O) groups is 2. The number of benzene rings is 3. The van der Waals surface area contributed by atoms with E-state index in [9.17, 15) is 9.59 Å². The van der Waals surface area contributed by atoms with Crippen molar-refractivity contribution in [1.82, 2.24) is 10.7 Å². The van der Waals surface area contributed by atoms with Crippen molar-refractivity contribution in [2.24, 2.45) is 0 Å². The van der Waals surface area contributed by atoms with E-state index < -0.39 is 12.1 Å².